The number of hydrogen-bond acceptors (Lipinski definition) is 3. The number of rotatable bonds is 6. The standard InChI is InChI=1S/C12H15NO4/c1-2-10(12(15)16)13-11(14)8-17-9-6-4-3-5-7-9/h3-7,10H,2,8H2,1H3,(H,13,14)(H,15,16)/t10-/m0/s1. The first-order valence-electron chi connectivity index (χ1n) is 5.33. The normalized spacial score (nSPS) is 11.6. The van der Waals surface area contributed by atoms with Gasteiger partial charge >= 0.3 is 5.97 Å². The van der Waals surface area contributed by atoms with E-state index in [9.17, 15) is 9.59 Å². The van der Waals surface area contributed by atoms with Crippen LogP contribution >= 0.6 is 0 Å². The van der Waals surface area contributed by atoms with E-state index in [2.05, 4.69) is 5.32 Å². The molecule has 2 N–H and O–H groups in total. The Hall–Kier alpha value is -2.04. The number of para-hydroxylation sites is 1. The lowest BCUT2D eigenvalue weighted by Crippen LogP contribution is -2.42. The molecular weight excluding hydrogens is 222 g/mol. The van der Waals surface area contributed by atoms with E-state index in [4.69, 9.17) is 9.84 Å². The van der Waals surface area contributed by atoms with Crippen LogP contribution in [-0.4, -0.2) is 29.6 Å². The summed E-state index contributed by atoms with van der Waals surface area (Å²) in [6, 6.07) is 8.01. The molecular formula is C12H15NO4. The van der Waals surface area contributed by atoms with E-state index in [0.717, 1.165) is 0 Å². The molecule has 5 nitrogen and oxygen atoms in total. The molecule has 0 aromatic heterocycles. The van der Waals surface area contributed by atoms with Gasteiger partial charge in [0, 0.05) is 0 Å². The van der Waals surface area contributed by atoms with E-state index < -0.39 is 17.9 Å². The molecule has 0 radical (unpaired) electrons. The summed E-state index contributed by atoms with van der Waals surface area (Å²) in [5, 5.41) is 11.1. The lowest BCUT2D eigenvalue weighted by molar-refractivity contribution is -0.142. The van der Waals surface area contributed by atoms with Crippen LogP contribution in [0.4, 0.5) is 0 Å². The zero-order valence-electron chi connectivity index (χ0n) is 9.55. The fourth-order valence-electron chi connectivity index (χ4n) is 1.24. The maximum atomic E-state index is 11.4. The first-order valence-corrected chi connectivity index (χ1v) is 5.33. The van der Waals surface area contributed by atoms with Crippen LogP contribution in [0, 0.1) is 0 Å². The molecule has 1 atom stereocenters. The Morgan fingerprint density at radius 2 is 2.00 bits per heavy atom. The average molecular weight is 237 g/mol. The molecule has 1 aromatic rings. The van der Waals surface area contributed by atoms with Crippen LogP contribution in [-0.2, 0) is 9.59 Å². The van der Waals surface area contributed by atoms with Crippen molar-refractivity contribution in [1.82, 2.24) is 5.32 Å². The van der Waals surface area contributed by atoms with Gasteiger partial charge in [-0.3, -0.25) is 4.79 Å². The van der Waals surface area contributed by atoms with Gasteiger partial charge in [-0.05, 0) is 18.6 Å². The Morgan fingerprint density at radius 1 is 1.35 bits per heavy atom. The first kappa shape index (κ1) is 13.0. The summed E-state index contributed by atoms with van der Waals surface area (Å²) in [6.45, 7) is 1.50. The number of carboxylic acids is 1. The summed E-state index contributed by atoms with van der Waals surface area (Å²) in [5.41, 5.74) is 0. The third kappa shape index (κ3) is 4.55. The monoisotopic (exact) mass is 237 g/mol. The molecule has 0 spiro atoms. The average Bonchev–Trinajstić information content (AvgIpc) is 2.34. The highest BCUT2D eigenvalue weighted by Gasteiger charge is 2.17. The van der Waals surface area contributed by atoms with Gasteiger partial charge in [-0.1, -0.05) is 25.1 Å². The largest absolute Gasteiger partial charge is 0.484 e. The fraction of sp³-hybridized carbons (Fsp3) is 0.333. The Balaban J connectivity index is 2.37. The predicted molar refractivity (Wildman–Crippen MR) is 61.8 cm³/mol. The van der Waals surface area contributed by atoms with Gasteiger partial charge in [0.15, 0.2) is 6.61 Å². The minimum atomic E-state index is -1.04. The Kier molecular flexibility index (Phi) is 5.00. The van der Waals surface area contributed by atoms with Crippen LogP contribution in [0.2, 0.25) is 0 Å². The molecule has 5 heteroatoms. The third-order valence-corrected chi connectivity index (χ3v) is 2.15. The minimum Gasteiger partial charge on any atom is -0.484 e. The number of carbonyl (C=O) groups excluding carboxylic acids is 1. The van der Waals surface area contributed by atoms with Crippen molar-refractivity contribution in [3.8, 4) is 5.75 Å². The van der Waals surface area contributed by atoms with Crippen molar-refractivity contribution < 1.29 is 19.4 Å². The molecule has 0 aliphatic carbocycles. The lowest BCUT2D eigenvalue weighted by atomic mass is 10.2. The van der Waals surface area contributed by atoms with Crippen molar-refractivity contribution in [1.29, 1.82) is 0 Å². The summed E-state index contributed by atoms with van der Waals surface area (Å²) >= 11 is 0. The minimum absolute atomic E-state index is 0.187. The maximum absolute atomic E-state index is 11.4. The Labute approximate surface area is 99.4 Å². The lowest BCUT2D eigenvalue weighted by Gasteiger charge is -2.12. The summed E-state index contributed by atoms with van der Waals surface area (Å²) in [7, 11) is 0. The Bertz CT molecular complexity index is 377. The van der Waals surface area contributed by atoms with Crippen LogP contribution in [0.5, 0.6) is 5.75 Å². The van der Waals surface area contributed by atoms with Gasteiger partial charge in [0.25, 0.3) is 5.91 Å². The fourth-order valence-corrected chi connectivity index (χ4v) is 1.24. The molecule has 0 saturated carbocycles. The zero-order valence-corrected chi connectivity index (χ0v) is 9.55. The molecule has 0 aliphatic heterocycles. The number of carboxylic acid groups (broad SMARTS) is 1. The van der Waals surface area contributed by atoms with Crippen molar-refractivity contribution in [2.75, 3.05) is 6.61 Å². The highest BCUT2D eigenvalue weighted by Crippen LogP contribution is 2.07. The van der Waals surface area contributed by atoms with Crippen LogP contribution in [0.25, 0.3) is 0 Å². The number of amides is 1. The smallest absolute Gasteiger partial charge is 0.326 e. The van der Waals surface area contributed by atoms with E-state index in [0.29, 0.717) is 12.2 Å². The topological polar surface area (TPSA) is 75.6 Å². The second-order valence-corrected chi connectivity index (χ2v) is 3.47. The molecule has 0 fully saturated rings. The summed E-state index contributed by atoms with van der Waals surface area (Å²) < 4.78 is 5.19. The molecule has 0 aliphatic rings. The SMILES string of the molecule is CC[C@H](NC(=O)COc1ccccc1)C(=O)O. The first-order chi connectivity index (χ1) is 8.13. The van der Waals surface area contributed by atoms with Crippen molar-refractivity contribution in [3.05, 3.63) is 30.3 Å². The highest BCUT2D eigenvalue weighted by molar-refractivity contribution is 5.84. The predicted octanol–water partition coefficient (Wildman–Crippen LogP) is 1.04. The van der Waals surface area contributed by atoms with Crippen molar-refractivity contribution >= 4 is 11.9 Å². The molecule has 17 heavy (non-hydrogen) atoms. The number of carbonyl (C=O) groups is 2. The van der Waals surface area contributed by atoms with Gasteiger partial charge in [0.1, 0.15) is 11.8 Å². The van der Waals surface area contributed by atoms with Gasteiger partial charge in [-0.2, -0.15) is 0 Å². The van der Waals surface area contributed by atoms with E-state index in [-0.39, 0.29) is 6.61 Å². The summed E-state index contributed by atoms with van der Waals surface area (Å²) in [5.74, 6) is -0.908. The van der Waals surface area contributed by atoms with Crippen molar-refractivity contribution in [2.45, 2.75) is 19.4 Å². The van der Waals surface area contributed by atoms with Gasteiger partial charge in [-0.15, -0.1) is 0 Å². The number of hydrogen-bond donors (Lipinski definition) is 2. The summed E-state index contributed by atoms with van der Waals surface area (Å²) in [4.78, 5) is 22.1. The van der Waals surface area contributed by atoms with Crippen LogP contribution in [0.3, 0.4) is 0 Å². The Morgan fingerprint density at radius 3 is 2.53 bits per heavy atom. The number of nitrogens with one attached hydrogen (secondary N) is 1. The molecule has 0 saturated heterocycles. The van der Waals surface area contributed by atoms with E-state index in [1.807, 2.05) is 6.07 Å². The molecule has 92 valence electrons. The van der Waals surface area contributed by atoms with Crippen molar-refractivity contribution in [2.24, 2.45) is 0 Å². The van der Waals surface area contributed by atoms with Gasteiger partial charge in [0.2, 0.25) is 0 Å². The van der Waals surface area contributed by atoms with Crippen LogP contribution < -0.4 is 10.1 Å². The number of aliphatic carboxylic acids is 1. The van der Waals surface area contributed by atoms with Crippen LogP contribution in [0.1, 0.15) is 13.3 Å². The second kappa shape index (κ2) is 6.52. The zero-order chi connectivity index (χ0) is 12.7. The van der Waals surface area contributed by atoms with E-state index in [1.165, 1.54) is 0 Å². The molecule has 1 rings (SSSR count). The van der Waals surface area contributed by atoms with E-state index in [1.54, 1.807) is 31.2 Å². The van der Waals surface area contributed by atoms with Gasteiger partial charge in [-0.25, -0.2) is 4.79 Å². The molecule has 1 amide bonds. The molecule has 1 aromatic carbocycles. The number of benzene rings is 1. The third-order valence-electron chi connectivity index (χ3n) is 2.15. The molecule has 0 bridgehead atoms. The second-order valence-electron chi connectivity index (χ2n) is 3.47. The van der Waals surface area contributed by atoms with Crippen molar-refractivity contribution in [3.63, 3.8) is 0 Å². The quantitative estimate of drug-likeness (QED) is 0.775. The molecule has 0 heterocycles. The molecule has 0 unspecified atom stereocenters. The van der Waals surface area contributed by atoms with Crippen LogP contribution in [0.15, 0.2) is 30.3 Å². The van der Waals surface area contributed by atoms with E-state index >= 15 is 0 Å². The summed E-state index contributed by atoms with van der Waals surface area (Å²) in [6.07, 6.45) is 0.340. The maximum Gasteiger partial charge on any atom is 0.326 e. The van der Waals surface area contributed by atoms with Gasteiger partial charge in [0.05, 0.1) is 0 Å². The highest BCUT2D eigenvalue weighted by atomic mass is 16.5. The number of ether oxygens (including phenoxy) is 1. The van der Waals surface area contributed by atoms with Gasteiger partial charge < -0.3 is 15.2 Å².